The minimum atomic E-state index is 0.258. The van der Waals surface area contributed by atoms with Gasteiger partial charge in [-0.05, 0) is 78.6 Å². The summed E-state index contributed by atoms with van der Waals surface area (Å²) in [7, 11) is 0. The summed E-state index contributed by atoms with van der Waals surface area (Å²) in [4.78, 5) is 9.80. The van der Waals surface area contributed by atoms with E-state index in [2.05, 4.69) is 76.3 Å². The smallest absolute Gasteiger partial charge is 0.138 e. The van der Waals surface area contributed by atoms with Gasteiger partial charge in [-0.1, -0.05) is 72.8 Å². The second-order valence-electron chi connectivity index (χ2n) is 10.2. The van der Waals surface area contributed by atoms with E-state index in [1.165, 1.54) is 0 Å². The minimum Gasteiger partial charge on any atom is -0.507 e. The molecule has 4 nitrogen and oxygen atoms in total. The van der Waals surface area contributed by atoms with E-state index in [4.69, 9.17) is 4.98 Å². The van der Waals surface area contributed by atoms with E-state index >= 15 is 0 Å². The number of rotatable bonds is 4. The summed E-state index contributed by atoms with van der Waals surface area (Å²) in [5.41, 5.74) is 9.59. The van der Waals surface area contributed by atoms with Gasteiger partial charge in [0.05, 0.1) is 22.4 Å². The molecule has 7 aromatic rings. The van der Waals surface area contributed by atoms with E-state index in [1.54, 1.807) is 0 Å². The number of para-hydroxylation sites is 1. The Kier molecular flexibility index (Phi) is 5.67. The molecular weight excluding hydrogens is 490 g/mol. The van der Waals surface area contributed by atoms with Gasteiger partial charge in [0.1, 0.15) is 11.6 Å². The van der Waals surface area contributed by atoms with Crippen molar-refractivity contribution in [3.63, 3.8) is 0 Å². The van der Waals surface area contributed by atoms with Gasteiger partial charge >= 0.3 is 0 Å². The van der Waals surface area contributed by atoms with Gasteiger partial charge in [0.15, 0.2) is 0 Å². The van der Waals surface area contributed by atoms with E-state index in [0.29, 0.717) is 0 Å². The van der Waals surface area contributed by atoms with Gasteiger partial charge in [0, 0.05) is 28.1 Å². The molecule has 0 unspecified atom stereocenters. The average Bonchev–Trinajstić information content (AvgIpc) is 3.33. The number of benzene rings is 4. The highest BCUT2D eigenvalue weighted by Crippen LogP contribution is 2.38. The summed E-state index contributed by atoms with van der Waals surface area (Å²) in [5.74, 6) is 1.05. The summed E-state index contributed by atoms with van der Waals surface area (Å²) in [6, 6.07) is 39.4. The van der Waals surface area contributed by atoms with Gasteiger partial charge in [0.25, 0.3) is 0 Å². The Morgan fingerprint density at radius 3 is 2.20 bits per heavy atom. The van der Waals surface area contributed by atoms with Crippen molar-refractivity contribution >= 4 is 21.8 Å². The van der Waals surface area contributed by atoms with Gasteiger partial charge in [0.2, 0.25) is 0 Å². The third-order valence-electron chi connectivity index (χ3n) is 7.50. The van der Waals surface area contributed by atoms with Crippen LogP contribution in [0.5, 0.6) is 5.75 Å². The zero-order valence-electron chi connectivity index (χ0n) is 22.3. The van der Waals surface area contributed by atoms with Crippen LogP contribution >= 0.6 is 0 Å². The molecule has 0 aliphatic heterocycles. The van der Waals surface area contributed by atoms with Crippen molar-refractivity contribution in [3.8, 4) is 45.2 Å². The Morgan fingerprint density at radius 2 is 1.38 bits per heavy atom. The fourth-order valence-corrected chi connectivity index (χ4v) is 5.63. The molecule has 0 saturated carbocycles. The van der Waals surface area contributed by atoms with Gasteiger partial charge in [-0.15, -0.1) is 0 Å². The normalized spacial score (nSPS) is 11.3. The second kappa shape index (κ2) is 9.51. The molecule has 0 aliphatic rings. The van der Waals surface area contributed by atoms with E-state index in [1.807, 2.05) is 68.6 Å². The molecule has 1 N–H and O–H groups in total. The number of phenols is 1. The van der Waals surface area contributed by atoms with Crippen molar-refractivity contribution in [3.05, 3.63) is 133 Å². The number of phenolic OH excluding ortho intramolecular Hbond substituents is 1. The standard InChI is InChI=1S/C36H27N3O/c1-23-18-24(2)36(40)30(19-23)32-20-27(25-10-4-3-5-11-25)22-35(38-32)39-33-14-7-6-12-28(33)29-16-15-26(21-34(29)39)31-13-8-9-17-37-31/h3-22,40H,1-2H3. The number of aromatic nitrogens is 3. The number of pyridine rings is 2. The molecule has 40 heavy (non-hydrogen) atoms. The predicted octanol–water partition coefficient (Wildman–Crippen LogP) is 8.90. The predicted molar refractivity (Wildman–Crippen MR) is 164 cm³/mol. The molecule has 7 rings (SSSR count). The van der Waals surface area contributed by atoms with Crippen molar-refractivity contribution in [2.24, 2.45) is 0 Å². The molecule has 192 valence electrons. The second-order valence-corrected chi connectivity index (χ2v) is 10.2. The van der Waals surface area contributed by atoms with Crippen molar-refractivity contribution in [2.75, 3.05) is 0 Å². The SMILES string of the molecule is Cc1cc(C)c(O)c(-c2cc(-c3ccccc3)cc(-n3c4ccccc4c4ccc(-c5ccccn5)cc43)n2)c1. The maximum atomic E-state index is 11.1. The Labute approximate surface area is 232 Å². The van der Waals surface area contributed by atoms with Crippen LogP contribution < -0.4 is 0 Å². The van der Waals surface area contributed by atoms with Gasteiger partial charge < -0.3 is 5.11 Å². The summed E-state index contributed by atoms with van der Waals surface area (Å²) in [5, 5.41) is 13.4. The average molecular weight is 518 g/mol. The Bertz CT molecular complexity index is 2030. The quantitative estimate of drug-likeness (QED) is 0.254. The Morgan fingerprint density at radius 1 is 0.600 bits per heavy atom. The number of aromatic hydroxyl groups is 1. The third kappa shape index (κ3) is 4.02. The zero-order chi connectivity index (χ0) is 27.2. The molecule has 0 aliphatic carbocycles. The summed E-state index contributed by atoms with van der Waals surface area (Å²) in [6.07, 6.45) is 1.82. The first-order valence-electron chi connectivity index (χ1n) is 13.4. The van der Waals surface area contributed by atoms with Crippen LogP contribution in [0.15, 0.2) is 121 Å². The van der Waals surface area contributed by atoms with Crippen LogP contribution in [0.3, 0.4) is 0 Å². The highest BCUT2D eigenvalue weighted by Gasteiger charge is 2.18. The molecule has 0 atom stereocenters. The number of fused-ring (bicyclic) bond motifs is 3. The van der Waals surface area contributed by atoms with E-state index in [0.717, 1.165) is 72.4 Å². The van der Waals surface area contributed by atoms with E-state index in [9.17, 15) is 5.11 Å². The number of hydrogen-bond donors (Lipinski definition) is 1. The van der Waals surface area contributed by atoms with Crippen molar-refractivity contribution in [1.29, 1.82) is 0 Å². The molecule has 0 amide bonds. The lowest BCUT2D eigenvalue weighted by molar-refractivity contribution is 0.473. The molecule has 3 aromatic heterocycles. The first-order valence-corrected chi connectivity index (χ1v) is 13.4. The molecule has 0 bridgehead atoms. The number of nitrogens with zero attached hydrogens (tertiary/aromatic N) is 3. The lowest BCUT2D eigenvalue weighted by Gasteiger charge is -2.15. The fourth-order valence-electron chi connectivity index (χ4n) is 5.63. The number of aryl methyl sites for hydroxylation is 2. The summed E-state index contributed by atoms with van der Waals surface area (Å²) < 4.78 is 2.23. The molecule has 0 saturated heterocycles. The van der Waals surface area contributed by atoms with Crippen molar-refractivity contribution < 1.29 is 5.11 Å². The van der Waals surface area contributed by atoms with E-state index in [-0.39, 0.29) is 5.75 Å². The molecular formula is C36H27N3O. The van der Waals surface area contributed by atoms with Gasteiger partial charge in [-0.25, -0.2) is 4.98 Å². The van der Waals surface area contributed by atoms with Crippen molar-refractivity contribution in [1.82, 2.24) is 14.5 Å². The van der Waals surface area contributed by atoms with Crippen LogP contribution in [0, 0.1) is 13.8 Å². The summed E-state index contributed by atoms with van der Waals surface area (Å²) in [6.45, 7) is 3.98. The topological polar surface area (TPSA) is 50.9 Å². The van der Waals surface area contributed by atoms with Crippen LogP contribution in [0.1, 0.15) is 11.1 Å². The molecule has 3 heterocycles. The lowest BCUT2D eigenvalue weighted by Crippen LogP contribution is -2.00. The molecule has 4 aromatic carbocycles. The maximum Gasteiger partial charge on any atom is 0.138 e. The third-order valence-corrected chi connectivity index (χ3v) is 7.50. The van der Waals surface area contributed by atoms with Crippen LogP contribution in [0.25, 0.3) is 61.3 Å². The number of hydrogen-bond acceptors (Lipinski definition) is 3. The van der Waals surface area contributed by atoms with Gasteiger partial charge in [-0.2, -0.15) is 0 Å². The van der Waals surface area contributed by atoms with Crippen LogP contribution in [-0.4, -0.2) is 19.6 Å². The fraction of sp³-hybridized carbons (Fsp3) is 0.0556. The molecule has 0 fully saturated rings. The van der Waals surface area contributed by atoms with E-state index < -0.39 is 0 Å². The van der Waals surface area contributed by atoms with Crippen LogP contribution in [0.4, 0.5) is 0 Å². The van der Waals surface area contributed by atoms with Crippen molar-refractivity contribution in [2.45, 2.75) is 13.8 Å². The zero-order valence-corrected chi connectivity index (χ0v) is 22.3. The van der Waals surface area contributed by atoms with Crippen LogP contribution in [-0.2, 0) is 0 Å². The minimum absolute atomic E-state index is 0.258. The Balaban J connectivity index is 1.56. The largest absolute Gasteiger partial charge is 0.507 e. The first kappa shape index (κ1) is 23.9. The monoisotopic (exact) mass is 517 g/mol. The molecule has 0 radical (unpaired) electrons. The van der Waals surface area contributed by atoms with Gasteiger partial charge in [-0.3, -0.25) is 9.55 Å². The van der Waals surface area contributed by atoms with Crippen LogP contribution in [0.2, 0.25) is 0 Å². The highest BCUT2D eigenvalue weighted by molar-refractivity contribution is 6.10. The lowest BCUT2D eigenvalue weighted by atomic mass is 9.99. The first-order chi connectivity index (χ1) is 19.6. The molecule has 0 spiro atoms. The Hall–Kier alpha value is -5.22. The highest BCUT2D eigenvalue weighted by atomic mass is 16.3. The molecule has 4 heteroatoms. The maximum absolute atomic E-state index is 11.1. The summed E-state index contributed by atoms with van der Waals surface area (Å²) >= 11 is 0.